The fourth-order valence-electron chi connectivity index (χ4n) is 4.55. The van der Waals surface area contributed by atoms with E-state index in [0.717, 1.165) is 33.1 Å². The van der Waals surface area contributed by atoms with Crippen molar-refractivity contribution in [1.29, 1.82) is 0 Å². The van der Waals surface area contributed by atoms with Crippen LogP contribution in [0.15, 0.2) is 83.8 Å². The minimum atomic E-state index is -0.319. The van der Waals surface area contributed by atoms with Gasteiger partial charge in [0.05, 0.1) is 39.5 Å². The summed E-state index contributed by atoms with van der Waals surface area (Å²) in [6, 6.07) is 23.1. The van der Waals surface area contributed by atoms with Crippen molar-refractivity contribution in [3.05, 3.63) is 95.2 Å². The summed E-state index contributed by atoms with van der Waals surface area (Å²) in [6.07, 6.45) is 1.25. The molecule has 3 aromatic carbocycles. The number of carbonyl (C=O) groups is 1. The number of anilines is 1. The Morgan fingerprint density at radius 3 is 2.36 bits per heavy atom. The first-order valence-electron chi connectivity index (χ1n) is 10.6. The van der Waals surface area contributed by atoms with Crippen molar-refractivity contribution >= 4 is 50.0 Å². The molecule has 7 nitrogen and oxygen atoms in total. The van der Waals surface area contributed by atoms with E-state index in [0.29, 0.717) is 16.7 Å². The van der Waals surface area contributed by atoms with Crippen molar-refractivity contribution in [3.8, 4) is 0 Å². The van der Waals surface area contributed by atoms with Gasteiger partial charge in [-0.15, -0.1) is 0 Å². The van der Waals surface area contributed by atoms with Crippen LogP contribution in [0.2, 0.25) is 0 Å². The molecule has 0 spiro atoms. The van der Waals surface area contributed by atoms with Crippen molar-refractivity contribution in [3.63, 3.8) is 0 Å². The Morgan fingerprint density at radius 2 is 1.55 bits per heavy atom. The maximum absolute atomic E-state index is 13.3. The molecule has 0 radical (unpaired) electrons. The van der Waals surface area contributed by atoms with Crippen molar-refractivity contribution in [2.75, 3.05) is 5.32 Å². The first kappa shape index (κ1) is 19.2. The molecule has 1 amide bonds. The van der Waals surface area contributed by atoms with Crippen LogP contribution in [0.5, 0.6) is 0 Å². The van der Waals surface area contributed by atoms with E-state index in [2.05, 4.69) is 14.7 Å². The normalized spacial score (nSPS) is 11.5. The lowest BCUT2D eigenvalue weighted by atomic mass is 10.1. The van der Waals surface area contributed by atoms with Crippen molar-refractivity contribution < 1.29 is 4.79 Å². The molecule has 6 rings (SSSR count). The Hall–Kier alpha value is -4.52. The molecule has 0 saturated heterocycles. The Labute approximate surface area is 187 Å². The van der Waals surface area contributed by atoms with Crippen LogP contribution in [-0.4, -0.2) is 24.8 Å². The number of rotatable bonds is 3. The van der Waals surface area contributed by atoms with Gasteiger partial charge in [0, 0.05) is 10.8 Å². The van der Waals surface area contributed by atoms with Gasteiger partial charge in [0.2, 0.25) is 5.91 Å². The number of carbonyl (C=O) groups excluding carboxylic acids is 1. The third kappa shape index (κ3) is 2.97. The van der Waals surface area contributed by atoms with Crippen molar-refractivity contribution in [2.24, 2.45) is 0 Å². The predicted molar refractivity (Wildman–Crippen MR) is 130 cm³/mol. The van der Waals surface area contributed by atoms with Gasteiger partial charge in [-0.25, -0.2) is 9.97 Å². The van der Waals surface area contributed by atoms with E-state index >= 15 is 0 Å². The predicted octanol–water partition coefficient (Wildman–Crippen LogP) is 4.30. The number of nitrogens with zero attached hydrogens (tertiary/aromatic N) is 4. The Balaban J connectivity index is 1.53. The van der Waals surface area contributed by atoms with Gasteiger partial charge < -0.3 is 5.32 Å². The molecule has 160 valence electrons. The van der Waals surface area contributed by atoms with E-state index in [1.807, 2.05) is 73.7 Å². The molecule has 0 atom stereocenters. The molecule has 0 saturated carbocycles. The van der Waals surface area contributed by atoms with Crippen LogP contribution in [0.1, 0.15) is 5.82 Å². The fourth-order valence-corrected chi connectivity index (χ4v) is 4.55. The van der Waals surface area contributed by atoms with Crippen LogP contribution in [0.4, 0.5) is 5.69 Å². The maximum atomic E-state index is 13.3. The number of hydrogen-bond donors (Lipinski definition) is 1. The molecule has 0 fully saturated rings. The standard InChI is InChI=1S/C26H19N5O2/c1-16-28-19-10-4-2-8-17(19)26-25(18-9-3-6-12-21(18)31(16)26)29-23(32)15-30-22-13-7-5-11-20(22)27-14-24(30)33/h2-14H,15H2,1H3,(H,29,32). The summed E-state index contributed by atoms with van der Waals surface area (Å²) >= 11 is 0. The average Bonchev–Trinajstić information content (AvgIpc) is 3.16. The second kappa shape index (κ2) is 7.27. The number of aryl methyl sites for hydroxylation is 1. The largest absolute Gasteiger partial charge is 0.322 e. The molecule has 3 aromatic heterocycles. The number of aromatic nitrogens is 4. The highest BCUT2D eigenvalue weighted by atomic mass is 16.2. The van der Waals surface area contributed by atoms with Crippen LogP contribution in [0.25, 0.3) is 38.4 Å². The van der Waals surface area contributed by atoms with Gasteiger partial charge in [-0.1, -0.05) is 48.5 Å². The number of fused-ring (bicyclic) bond motifs is 6. The molecule has 3 heterocycles. The summed E-state index contributed by atoms with van der Waals surface area (Å²) in [5.74, 6) is 0.544. The first-order chi connectivity index (χ1) is 16.1. The minimum Gasteiger partial charge on any atom is -0.322 e. The summed E-state index contributed by atoms with van der Waals surface area (Å²) in [4.78, 5) is 34.7. The Morgan fingerprint density at radius 1 is 0.879 bits per heavy atom. The number of nitrogens with one attached hydrogen (secondary N) is 1. The second-order valence-corrected chi connectivity index (χ2v) is 7.97. The van der Waals surface area contributed by atoms with Gasteiger partial charge in [0.25, 0.3) is 5.56 Å². The van der Waals surface area contributed by atoms with Gasteiger partial charge >= 0.3 is 0 Å². The average molecular weight is 433 g/mol. The summed E-state index contributed by atoms with van der Waals surface area (Å²) < 4.78 is 3.52. The lowest BCUT2D eigenvalue weighted by Crippen LogP contribution is -2.28. The molecule has 1 N–H and O–H groups in total. The highest BCUT2D eigenvalue weighted by molar-refractivity contribution is 6.16. The maximum Gasteiger partial charge on any atom is 0.269 e. The smallest absolute Gasteiger partial charge is 0.269 e. The monoisotopic (exact) mass is 433 g/mol. The minimum absolute atomic E-state index is 0.116. The van der Waals surface area contributed by atoms with E-state index in [1.54, 1.807) is 6.07 Å². The van der Waals surface area contributed by atoms with Crippen LogP contribution in [0.3, 0.4) is 0 Å². The molecule has 7 heteroatoms. The fraction of sp³-hybridized carbons (Fsp3) is 0.0769. The number of hydrogen-bond acceptors (Lipinski definition) is 4. The highest BCUT2D eigenvalue weighted by Gasteiger charge is 2.19. The zero-order chi connectivity index (χ0) is 22.5. The summed E-state index contributed by atoms with van der Waals surface area (Å²) in [6.45, 7) is 1.84. The molecule has 0 unspecified atom stereocenters. The lowest BCUT2D eigenvalue weighted by molar-refractivity contribution is -0.116. The quantitative estimate of drug-likeness (QED) is 0.451. The van der Waals surface area contributed by atoms with E-state index in [4.69, 9.17) is 4.98 Å². The molecular weight excluding hydrogens is 414 g/mol. The summed E-state index contributed by atoms with van der Waals surface area (Å²) in [5.41, 5.74) is 4.39. The topological polar surface area (TPSA) is 81.3 Å². The van der Waals surface area contributed by atoms with Gasteiger partial charge in [0.1, 0.15) is 12.4 Å². The number of benzene rings is 3. The third-order valence-electron chi connectivity index (χ3n) is 5.96. The number of para-hydroxylation sites is 4. The van der Waals surface area contributed by atoms with Crippen molar-refractivity contribution in [2.45, 2.75) is 13.5 Å². The van der Waals surface area contributed by atoms with Crippen LogP contribution in [0, 0.1) is 6.92 Å². The molecule has 0 aliphatic rings. The van der Waals surface area contributed by atoms with Gasteiger partial charge in [0.15, 0.2) is 0 Å². The van der Waals surface area contributed by atoms with Crippen LogP contribution < -0.4 is 10.9 Å². The number of amides is 1. The molecule has 0 bridgehead atoms. The molecule has 6 aromatic rings. The summed E-state index contributed by atoms with van der Waals surface area (Å²) in [5, 5.41) is 4.96. The molecule has 33 heavy (non-hydrogen) atoms. The second-order valence-electron chi connectivity index (χ2n) is 7.97. The van der Waals surface area contributed by atoms with E-state index in [-0.39, 0.29) is 18.0 Å². The van der Waals surface area contributed by atoms with Gasteiger partial charge in [-0.2, -0.15) is 0 Å². The van der Waals surface area contributed by atoms with Gasteiger partial charge in [-0.3, -0.25) is 18.6 Å². The van der Waals surface area contributed by atoms with Crippen LogP contribution >= 0.6 is 0 Å². The van der Waals surface area contributed by atoms with Crippen LogP contribution in [-0.2, 0) is 11.3 Å². The van der Waals surface area contributed by atoms with E-state index in [9.17, 15) is 9.59 Å². The Kier molecular flexibility index (Phi) is 4.23. The zero-order valence-electron chi connectivity index (χ0n) is 17.8. The van der Waals surface area contributed by atoms with E-state index in [1.165, 1.54) is 10.8 Å². The Bertz CT molecular complexity index is 1780. The SMILES string of the molecule is Cc1nc2ccccc2c2c(NC(=O)Cn3c(=O)cnc4ccccc43)c3ccccc3n12. The summed E-state index contributed by atoms with van der Waals surface area (Å²) in [7, 11) is 0. The van der Waals surface area contributed by atoms with E-state index < -0.39 is 0 Å². The van der Waals surface area contributed by atoms with Gasteiger partial charge in [-0.05, 0) is 31.2 Å². The molecular formula is C26H19N5O2. The lowest BCUT2D eigenvalue weighted by Gasteiger charge is -2.11. The van der Waals surface area contributed by atoms with Crippen molar-refractivity contribution in [1.82, 2.24) is 18.9 Å². The molecule has 0 aliphatic carbocycles. The highest BCUT2D eigenvalue weighted by Crippen LogP contribution is 2.36. The third-order valence-corrected chi connectivity index (χ3v) is 5.96. The molecule has 0 aliphatic heterocycles. The zero-order valence-corrected chi connectivity index (χ0v) is 17.8. The first-order valence-corrected chi connectivity index (χ1v) is 10.6.